The SMILES string of the molecule is N#C/C(C#Cc1ccccc1)=N\OS(=O)(=O)c1c(F)c(F)c(F)c(F)c1F. The Bertz CT molecular complexity index is 1100. The van der Waals surface area contributed by atoms with Crippen molar-refractivity contribution in [2.45, 2.75) is 4.90 Å². The predicted molar refractivity (Wildman–Crippen MR) is 80.9 cm³/mol. The first-order chi connectivity index (χ1) is 12.7. The minimum absolute atomic E-state index is 0.420. The lowest BCUT2D eigenvalue weighted by Gasteiger charge is -2.06. The molecule has 5 nitrogen and oxygen atoms in total. The van der Waals surface area contributed by atoms with Gasteiger partial charge in [-0.2, -0.15) is 13.7 Å². The Hall–Kier alpha value is -3.44. The Balaban J connectivity index is 2.41. The first-order valence-corrected chi connectivity index (χ1v) is 8.10. The molecular formula is C16H5F5N2O3S. The van der Waals surface area contributed by atoms with E-state index in [1.807, 2.05) is 0 Å². The van der Waals surface area contributed by atoms with Gasteiger partial charge in [0.2, 0.25) is 11.5 Å². The Morgan fingerprint density at radius 3 is 1.96 bits per heavy atom. The molecule has 0 fully saturated rings. The molecule has 11 heteroatoms. The van der Waals surface area contributed by atoms with Gasteiger partial charge in [-0.15, -0.1) is 0 Å². The molecule has 0 unspecified atom stereocenters. The van der Waals surface area contributed by atoms with Crippen LogP contribution in [-0.2, 0) is 14.4 Å². The highest BCUT2D eigenvalue weighted by Gasteiger charge is 2.35. The summed E-state index contributed by atoms with van der Waals surface area (Å²) < 4.78 is 93.7. The maximum absolute atomic E-state index is 13.6. The van der Waals surface area contributed by atoms with Crippen LogP contribution in [0, 0.1) is 52.3 Å². The van der Waals surface area contributed by atoms with Gasteiger partial charge in [0, 0.05) is 5.56 Å². The first-order valence-electron chi connectivity index (χ1n) is 6.69. The number of hydrogen-bond donors (Lipinski definition) is 0. The van der Waals surface area contributed by atoms with Crippen molar-refractivity contribution in [3.8, 4) is 17.9 Å². The van der Waals surface area contributed by atoms with Crippen molar-refractivity contribution in [3.63, 3.8) is 0 Å². The molecule has 2 aromatic carbocycles. The third kappa shape index (κ3) is 4.22. The Morgan fingerprint density at radius 1 is 0.926 bits per heavy atom. The van der Waals surface area contributed by atoms with E-state index in [4.69, 9.17) is 5.26 Å². The summed E-state index contributed by atoms with van der Waals surface area (Å²) in [5, 5.41) is 11.6. The van der Waals surface area contributed by atoms with Gasteiger partial charge in [-0.05, 0) is 23.2 Å². The fourth-order valence-electron chi connectivity index (χ4n) is 1.65. The number of halogens is 5. The topological polar surface area (TPSA) is 79.5 Å². The lowest BCUT2D eigenvalue weighted by Crippen LogP contribution is -2.14. The maximum atomic E-state index is 13.6. The molecule has 0 saturated carbocycles. The fourth-order valence-corrected chi connectivity index (χ4v) is 2.52. The molecule has 2 aromatic rings. The molecule has 0 bridgehead atoms. The van der Waals surface area contributed by atoms with E-state index in [0.717, 1.165) is 0 Å². The quantitative estimate of drug-likeness (QED) is 0.198. The van der Waals surface area contributed by atoms with Gasteiger partial charge in [-0.25, -0.2) is 22.0 Å². The van der Waals surface area contributed by atoms with Crippen LogP contribution in [0.4, 0.5) is 22.0 Å². The second-order valence-corrected chi connectivity index (χ2v) is 6.06. The van der Waals surface area contributed by atoms with Gasteiger partial charge >= 0.3 is 10.1 Å². The van der Waals surface area contributed by atoms with Crippen molar-refractivity contribution in [1.29, 1.82) is 5.26 Å². The molecule has 0 amide bonds. The average molecular weight is 400 g/mol. The van der Waals surface area contributed by atoms with Crippen LogP contribution in [-0.4, -0.2) is 14.1 Å². The van der Waals surface area contributed by atoms with Crippen molar-refractivity contribution in [3.05, 3.63) is 65.0 Å². The number of nitrogens with zero attached hydrogens (tertiary/aromatic N) is 2. The zero-order valence-electron chi connectivity index (χ0n) is 12.8. The van der Waals surface area contributed by atoms with Gasteiger partial charge in [-0.3, -0.25) is 4.28 Å². The molecule has 0 spiro atoms. The molecule has 138 valence electrons. The summed E-state index contributed by atoms with van der Waals surface area (Å²) in [7, 11) is -5.57. The van der Waals surface area contributed by atoms with E-state index >= 15 is 0 Å². The second-order valence-electron chi connectivity index (χ2n) is 4.60. The number of benzene rings is 2. The molecule has 0 heterocycles. The van der Waals surface area contributed by atoms with Crippen molar-refractivity contribution in [2.75, 3.05) is 0 Å². The summed E-state index contributed by atoms with van der Waals surface area (Å²) in [4.78, 5) is -2.24. The van der Waals surface area contributed by atoms with Crippen LogP contribution in [0.3, 0.4) is 0 Å². The number of nitriles is 1. The van der Waals surface area contributed by atoms with E-state index in [1.54, 1.807) is 30.3 Å². The Labute approximate surface area is 149 Å². The monoisotopic (exact) mass is 400 g/mol. The second kappa shape index (κ2) is 7.85. The molecule has 0 aromatic heterocycles. The van der Waals surface area contributed by atoms with Crippen LogP contribution < -0.4 is 0 Å². The van der Waals surface area contributed by atoms with E-state index in [9.17, 15) is 30.4 Å². The number of oxime groups is 1. The first kappa shape index (κ1) is 19.9. The summed E-state index contributed by atoms with van der Waals surface area (Å²) in [6.45, 7) is 0. The average Bonchev–Trinajstić information content (AvgIpc) is 2.65. The van der Waals surface area contributed by atoms with Gasteiger partial charge < -0.3 is 0 Å². The normalized spacial score (nSPS) is 11.3. The van der Waals surface area contributed by atoms with Crippen molar-refractivity contribution >= 4 is 15.8 Å². The summed E-state index contributed by atoms with van der Waals surface area (Å²) >= 11 is 0. The van der Waals surface area contributed by atoms with E-state index in [1.165, 1.54) is 6.07 Å². The fraction of sp³-hybridized carbons (Fsp3) is 0. The maximum Gasteiger partial charge on any atom is 0.364 e. The highest BCUT2D eigenvalue weighted by Crippen LogP contribution is 2.27. The van der Waals surface area contributed by atoms with E-state index in [0.29, 0.717) is 5.56 Å². The Kier molecular flexibility index (Phi) is 5.78. The summed E-state index contributed by atoms with van der Waals surface area (Å²) in [6.07, 6.45) is 0. The zero-order valence-corrected chi connectivity index (χ0v) is 13.6. The van der Waals surface area contributed by atoms with Crippen molar-refractivity contribution in [2.24, 2.45) is 5.16 Å². The lowest BCUT2D eigenvalue weighted by atomic mass is 10.2. The van der Waals surface area contributed by atoms with Crippen LogP contribution in [0.1, 0.15) is 5.56 Å². The van der Waals surface area contributed by atoms with Crippen LogP contribution >= 0.6 is 0 Å². The molecule has 0 aliphatic carbocycles. The van der Waals surface area contributed by atoms with E-state index < -0.39 is 49.8 Å². The standard InChI is InChI=1S/C16H5F5N2O3S/c17-11-12(18)14(20)16(15(21)13(11)19)27(24,25)26-23-10(8-22)7-6-9-4-2-1-3-5-9/h1-5H/b23-10-. The zero-order chi connectivity index (χ0) is 20.2. The Morgan fingerprint density at radius 2 is 1.44 bits per heavy atom. The molecule has 0 atom stereocenters. The van der Waals surface area contributed by atoms with Crippen molar-refractivity contribution in [1.82, 2.24) is 0 Å². The van der Waals surface area contributed by atoms with Crippen molar-refractivity contribution < 1.29 is 34.7 Å². The third-order valence-corrected chi connectivity index (χ3v) is 3.98. The van der Waals surface area contributed by atoms with E-state index in [2.05, 4.69) is 21.3 Å². The highest BCUT2D eigenvalue weighted by atomic mass is 32.2. The molecule has 0 N–H and O–H groups in total. The number of hydrogen-bond acceptors (Lipinski definition) is 5. The van der Waals surface area contributed by atoms with Gasteiger partial charge in [-0.1, -0.05) is 24.1 Å². The molecule has 0 aliphatic rings. The van der Waals surface area contributed by atoms with E-state index in [-0.39, 0.29) is 0 Å². The number of rotatable bonds is 3. The van der Waals surface area contributed by atoms with Crippen LogP contribution in [0.5, 0.6) is 0 Å². The molecule has 0 saturated heterocycles. The molecule has 2 rings (SSSR count). The summed E-state index contributed by atoms with van der Waals surface area (Å²) in [5.74, 6) is -8.22. The van der Waals surface area contributed by atoms with Gasteiger partial charge in [0.15, 0.2) is 28.2 Å². The summed E-state index contributed by atoms with van der Waals surface area (Å²) in [6, 6.07) is 9.38. The minimum atomic E-state index is -5.57. The van der Waals surface area contributed by atoms with Gasteiger partial charge in [0.25, 0.3) is 0 Å². The predicted octanol–water partition coefficient (Wildman–Crippen LogP) is 3.02. The molecular weight excluding hydrogens is 395 g/mol. The van der Waals surface area contributed by atoms with Gasteiger partial charge in [0.05, 0.1) is 0 Å². The van der Waals surface area contributed by atoms with Gasteiger partial charge in [0.1, 0.15) is 6.07 Å². The van der Waals surface area contributed by atoms with Crippen LogP contribution in [0.25, 0.3) is 0 Å². The highest BCUT2D eigenvalue weighted by molar-refractivity contribution is 7.86. The molecule has 0 radical (unpaired) electrons. The lowest BCUT2D eigenvalue weighted by molar-refractivity contribution is 0.318. The molecule has 27 heavy (non-hydrogen) atoms. The third-order valence-electron chi connectivity index (χ3n) is 2.85. The minimum Gasteiger partial charge on any atom is -0.263 e. The van der Waals surface area contributed by atoms with Crippen LogP contribution in [0.15, 0.2) is 40.4 Å². The van der Waals surface area contributed by atoms with Crippen LogP contribution in [0.2, 0.25) is 0 Å². The summed E-state index contributed by atoms with van der Waals surface area (Å²) in [5.41, 5.74) is -0.408. The smallest absolute Gasteiger partial charge is 0.263 e. The molecule has 0 aliphatic heterocycles. The largest absolute Gasteiger partial charge is 0.364 e.